The molecule has 11 heteroatoms. The largest absolute Gasteiger partial charge is 0.497 e. The number of aromatic amines is 1. The molecule has 2 aromatic heterocycles. The number of rotatable bonds is 6. The molecule has 0 aliphatic rings. The van der Waals surface area contributed by atoms with Crippen molar-refractivity contribution in [3.8, 4) is 17.1 Å². The summed E-state index contributed by atoms with van der Waals surface area (Å²) >= 11 is 0. The van der Waals surface area contributed by atoms with Crippen molar-refractivity contribution in [1.82, 2.24) is 40.6 Å². The average molecular weight is 483 g/mol. The van der Waals surface area contributed by atoms with Crippen LogP contribution in [0, 0.1) is 0 Å². The number of hydrogen-bond acceptors (Lipinski definition) is 6. The average Bonchev–Trinajstić information content (AvgIpc) is 3.31. The number of aromatic nitrogens is 6. The first-order valence-corrected chi connectivity index (χ1v) is 8.02. The Morgan fingerprint density at radius 1 is 1.22 bits per heavy atom. The van der Waals surface area contributed by atoms with Crippen LogP contribution >= 0.6 is 24.0 Å². The highest BCUT2D eigenvalue weighted by atomic mass is 127. The van der Waals surface area contributed by atoms with Gasteiger partial charge in [0.15, 0.2) is 11.8 Å². The van der Waals surface area contributed by atoms with Gasteiger partial charge in [-0.05, 0) is 24.3 Å². The van der Waals surface area contributed by atoms with E-state index in [9.17, 15) is 0 Å². The quantitative estimate of drug-likeness (QED) is 0.273. The molecule has 2 heterocycles. The van der Waals surface area contributed by atoms with Crippen LogP contribution in [0.1, 0.15) is 11.6 Å². The minimum Gasteiger partial charge on any atom is -0.497 e. The van der Waals surface area contributed by atoms with Crippen molar-refractivity contribution in [2.75, 3.05) is 14.2 Å². The molecule has 0 saturated heterocycles. The van der Waals surface area contributed by atoms with E-state index in [4.69, 9.17) is 4.74 Å². The first-order chi connectivity index (χ1) is 12.7. The number of nitrogens with zero attached hydrogens (tertiary/aromatic N) is 6. The second-order valence-corrected chi connectivity index (χ2v) is 5.41. The molecule has 0 amide bonds. The predicted molar refractivity (Wildman–Crippen MR) is 112 cm³/mol. The Labute approximate surface area is 173 Å². The fourth-order valence-electron chi connectivity index (χ4n) is 2.27. The van der Waals surface area contributed by atoms with Crippen LogP contribution in [0.5, 0.6) is 5.75 Å². The Balaban J connectivity index is 0.00000261. The van der Waals surface area contributed by atoms with Gasteiger partial charge in [0.1, 0.15) is 23.7 Å². The molecule has 3 aromatic rings. The van der Waals surface area contributed by atoms with E-state index in [0.717, 1.165) is 17.1 Å². The summed E-state index contributed by atoms with van der Waals surface area (Å²) in [6.45, 7) is 0.977. The van der Waals surface area contributed by atoms with Crippen molar-refractivity contribution in [3.05, 3.63) is 42.2 Å². The molecule has 0 aliphatic carbocycles. The predicted octanol–water partition coefficient (Wildman–Crippen LogP) is 1.09. The third kappa shape index (κ3) is 5.39. The number of benzene rings is 1. The van der Waals surface area contributed by atoms with Crippen LogP contribution < -0.4 is 15.4 Å². The maximum Gasteiger partial charge on any atom is 0.191 e. The summed E-state index contributed by atoms with van der Waals surface area (Å²) < 4.78 is 6.86. The van der Waals surface area contributed by atoms with E-state index in [1.54, 1.807) is 18.8 Å². The minimum absolute atomic E-state index is 0. The molecule has 1 aromatic carbocycles. The molecule has 0 atom stereocenters. The summed E-state index contributed by atoms with van der Waals surface area (Å²) in [6, 6.07) is 7.59. The maximum absolute atomic E-state index is 5.16. The number of H-pyrrole nitrogens is 1. The van der Waals surface area contributed by atoms with Gasteiger partial charge in [0.05, 0.1) is 20.2 Å². The van der Waals surface area contributed by atoms with Crippen LogP contribution in [-0.4, -0.2) is 50.1 Å². The smallest absolute Gasteiger partial charge is 0.191 e. The number of halogens is 1. The van der Waals surface area contributed by atoms with Gasteiger partial charge in [-0.15, -0.1) is 24.0 Å². The van der Waals surface area contributed by atoms with E-state index >= 15 is 0 Å². The molecule has 144 valence electrons. The third-order valence-electron chi connectivity index (χ3n) is 3.75. The van der Waals surface area contributed by atoms with Crippen LogP contribution in [-0.2, 0) is 20.1 Å². The summed E-state index contributed by atoms with van der Waals surface area (Å²) in [5.74, 6) is 3.58. The van der Waals surface area contributed by atoms with Crippen LogP contribution in [0.2, 0.25) is 0 Å². The third-order valence-corrected chi connectivity index (χ3v) is 3.75. The molecule has 3 N–H and O–H groups in total. The lowest BCUT2D eigenvalue weighted by Gasteiger charge is -2.10. The summed E-state index contributed by atoms with van der Waals surface area (Å²) in [5.41, 5.74) is 0.915. The highest BCUT2D eigenvalue weighted by Crippen LogP contribution is 2.18. The lowest BCUT2D eigenvalue weighted by molar-refractivity contribution is 0.415. The highest BCUT2D eigenvalue weighted by Gasteiger charge is 2.08. The molecule has 0 unspecified atom stereocenters. The standard InChI is InChI=1S/C16H21N9O.HI/c1-17-16(19-9-14-20-10-21-25(14)2)18-8-13-22-15(24-23-13)11-4-6-12(26-3)7-5-11;/h4-7,10H,8-9H2,1-3H3,(H2,17,18,19)(H,22,23,24);1H. The first-order valence-electron chi connectivity index (χ1n) is 8.02. The summed E-state index contributed by atoms with van der Waals surface area (Å²) in [7, 11) is 5.18. The zero-order chi connectivity index (χ0) is 18.4. The van der Waals surface area contributed by atoms with Crippen LogP contribution in [0.25, 0.3) is 11.4 Å². The monoisotopic (exact) mass is 483 g/mol. The van der Waals surface area contributed by atoms with E-state index in [0.29, 0.717) is 30.7 Å². The molecule has 0 fully saturated rings. The van der Waals surface area contributed by atoms with Gasteiger partial charge in [-0.2, -0.15) is 10.2 Å². The molecule has 0 aliphatic heterocycles. The van der Waals surface area contributed by atoms with E-state index in [1.807, 2.05) is 31.3 Å². The molecular formula is C16H22IN9O. The van der Waals surface area contributed by atoms with Crippen molar-refractivity contribution in [1.29, 1.82) is 0 Å². The second-order valence-electron chi connectivity index (χ2n) is 5.41. The van der Waals surface area contributed by atoms with E-state index < -0.39 is 0 Å². The molecule has 3 rings (SSSR count). The zero-order valence-corrected chi connectivity index (χ0v) is 17.6. The first kappa shape index (κ1) is 20.6. The highest BCUT2D eigenvalue weighted by molar-refractivity contribution is 14.0. The molecule has 0 bridgehead atoms. The van der Waals surface area contributed by atoms with Gasteiger partial charge in [0, 0.05) is 19.7 Å². The fraction of sp³-hybridized carbons (Fsp3) is 0.312. The fourth-order valence-corrected chi connectivity index (χ4v) is 2.27. The van der Waals surface area contributed by atoms with Crippen molar-refractivity contribution in [3.63, 3.8) is 0 Å². The number of nitrogens with one attached hydrogen (secondary N) is 3. The van der Waals surface area contributed by atoms with Crippen molar-refractivity contribution >= 4 is 29.9 Å². The van der Waals surface area contributed by atoms with Crippen LogP contribution in [0.4, 0.5) is 0 Å². The Morgan fingerprint density at radius 3 is 2.59 bits per heavy atom. The second kappa shape index (κ2) is 9.85. The van der Waals surface area contributed by atoms with E-state index in [-0.39, 0.29) is 24.0 Å². The van der Waals surface area contributed by atoms with Gasteiger partial charge in [-0.25, -0.2) is 9.97 Å². The molecule has 27 heavy (non-hydrogen) atoms. The lowest BCUT2D eigenvalue weighted by Crippen LogP contribution is -2.37. The molecule has 0 spiro atoms. The summed E-state index contributed by atoms with van der Waals surface area (Å²) in [5, 5.41) is 17.6. The van der Waals surface area contributed by atoms with Gasteiger partial charge in [-0.3, -0.25) is 14.8 Å². The number of aliphatic imine (C=N–C) groups is 1. The zero-order valence-electron chi connectivity index (χ0n) is 15.3. The molecule has 10 nitrogen and oxygen atoms in total. The summed E-state index contributed by atoms with van der Waals surface area (Å²) in [6.07, 6.45) is 1.52. The van der Waals surface area contributed by atoms with Crippen molar-refractivity contribution in [2.45, 2.75) is 13.1 Å². The maximum atomic E-state index is 5.16. The van der Waals surface area contributed by atoms with Gasteiger partial charge in [0.2, 0.25) is 0 Å². The normalized spacial score (nSPS) is 11.0. The number of ether oxygens (including phenoxy) is 1. The van der Waals surface area contributed by atoms with Crippen molar-refractivity contribution < 1.29 is 4.74 Å². The van der Waals surface area contributed by atoms with E-state index in [2.05, 4.69) is 40.9 Å². The topological polar surface area (TPSA) is 118 Å². The number of hydrogen-bond donors (Lipinski definition) is 3. The van der Waals surface area contributed by atoms with Crippen LogP contribution in [0.15, 0.2) is 35.6 Å². The number of methoxy groups -OCH3 is 1. The van der Waals surface area contributed by atoms with Gasteiger partial charge in [-0.1, -0.05) is 0 Å². The Kier molecular flexibility index (Phi) is 7.52. The molecule has 0 saturated carbocycles. The van der Waals surface area contributed by atoms with Gasteiger partial charge >= 0.3 is 0 Å². The SMILES string of the molecule is CN=C(NCc1nc(-c2ccc(OC)cc2)n[nH]1)NCc1ncnn1C.I. The van der Waals surface area contributed by atoms with Crippen LogP contribution in [0.3, 0.4) is 0 Å². The van der Waals surface area contributed by atoms with Crippen molar-refractivity contribution in [2.24, 2.45) is 12.0 Å². The lowest BCUT2D eigenvalue weighted by atomic mass is 10.2. The van der Waals surface area contributed by atoms with E-state index in [1.165, 1.54) is 6.33 Å². The molecule has 0 radical (unpaired) electrons. The van der Waals surface area contributed by atoms with Gasteiger partial charge in [0.25, 0.3) is 0 Å². The minimum atomic E-state index is 0. The number of aryl methyl sites for hydroxylation is 1. The Morgan fingerprint density at radius 2 is 1.96 bits per heavy atom. The Hall–Kier alpha value is -2.70. The Bertz CT molecular complexity index is 872. The van der Waals surface area contributed by atoms with Gasteiger partial charge < -0.3 is 15.4 Å². The number of guanidine groups is 1. The molecular weight excluding hydrogens is 461 g/mol. The summed E-state index contributed by atoms with van der Waals surface area (Å²) in [4.78, 5) is 12.8.